The van der Waals surface area contributed by atoms with Crippen LogP contribution in [0, 0.1) is 23.7 Å². The molecule has 78 valence electrons. The lowest BCUT2D eigenvalue weighted by Crippen LogP contribution is -2.34. The van der Waals surface area contributed by atoms with E-state index in [2.05, 4.69) is 5.32 Å². The van der Waals surface area contributed by atoms with E-state index in [0.717, 1.165) is 42.9 Å². The van der Waals surface area contributed by atoms with Crippen LogP contribution < -0.4 is 5.32 Å². The first kappa shape index (κ1) is 8.12. The van der Waals surface area contributed by atoms with Crippen molar-refractivity contribution in [3.8, 4) is 0 Å². The molecular formula is C12H19NO. The fourth-order valence-corrected chi connectivity index (χ4v) is 4.49. The van der Waals surface area contributed by atoms with Crippen molar-refractivity contribution in [2.75, 3.05) is 13.2 Å². The van der Waals surface area contributed by atoms with Crippen molar-refractivity contribution >= 4 is 0 Å². The quantitative estimate of drug-likeness (QED) is 0.716. The lowest BCUT2D eigenvalue weighted by atomic mass is 10.0. The first-order valence-electron chi connectivity index (χ1n) is 6.27. The van der Waals surface area contributed by atoms with Crippen molar-refractivity contribution in [3.63, 3.8) is 0 Å². The number of nitrogens with one attached hydrogen (secondary N) is 1. The van der Waals surface area contributed by atoms with Crippen LogP contribution in [0.25, 0.3) is 0 Å². The molecule has 1 saturated heterocycles. The normalized spacial score (nSPS) is 59.1. The Kier molecular flexibility index (Phi) is 1.58. The van der Waals surface area contributed by atoms with Crippen LogP contribution in [0.3, 0.4) is 0 Å². The van der Waals surface area contributed by atoms with Gasteiger partial charge in [-0.3, -0.25) is 0 Å². The Morgan fingerprint density at radius 1 is 1.00 bits per heavy atom. The fourth-order valence-electron chi connectivity index (χ4n) is 4.49. The number of hydrogen-bond acceptors (Lipinski definition) is 2. The lowest BCUT2D eigenvalue weighted by Gasteiger charge is -2.14. The maximum absolute atomic E-state index is 5.41. The molecule has 0 spiro atoms. The molecule has 14 heavy (non-hydrogen) atoms. The predicted molar refractivity (Wildman–Crippen MR) is 54.0 cm³/mol. The van der Waals surface area contributed by atoms with Crippen LogP contribution in [-0.4, -0.2) is 25.3 Å². The minimum atomic E-state index is 0.685. The van der Waals surface area contributed by atoms with E-state index in [1.807, 2.05) is 0 Å². The number of fused-ring (bicyclic) bond motifs is 5. The van der Waals surface area contributed by atoms with Crippen molar-refractivity contribution in [2.45, 2.75) is 37.8 Å². The highest BCUT2D eigenvalue weighted by molar-refractivity contribution is 5.17. The molecule has 4 aliphatic rings. The summed E-state index contributed by atoms with van der Waals surface area (Å²) in [4.78, 5) is 0. The molecule has 3 aliphatic carbocycles. The largest absolute Gasteiger partial charge is 0.380 e. The topological polar surface area (TPSA) is 21.3 Å². The summed E-state index contributed by atoms with van der Waals surface area (Å²) in [5.41, 5.74) is 0. The minimum Gasteiger partial charge on any atom is -0.380 e. The van der Waals surface area contributed by atoms with Gasteiger partial charge in [0.05, 0.1) is 6.61 Å². The molecule has 1 heterocycles. The summed E-state index contributed by atoms with van der Waals surface area (Å²) < 4.78 is 5.41. The van der Waals surface area contributed by atoms with E-state index in [4.69, 9.17) is 4.74 Å². The summed E-state index contributed by atoms with van der Waals surface area (Å²) in [6.07, 6.45) is 5.87. The molecule has 1 aliphatic heterocycles. The Hall–Kier alpha value is -0.0800. The first-order chi connectivity index (χ1) is 6.93. The lowest BCUT2D eigenvalue weighted by molar-refractivity contribution is 0.188. The van der Waals surface area contributed by atoms with Crippen molar-refractivity contribution in [2.24, 2.45) is 23.7 Å². The Labute approximate surface area is 85.4 Å². The van der Waals surface area contributed by atoms with Gasteiger partial charge in [-0.15, -0.1) is 0 Å². The predicted octanol–water partition coefficient (Wildman–Crippen LogP) is 1.41. The van der Waals surface area contributed by atoms with Crippen LogP contribution >= 0.6 is 0 Å². The Morgan fingerprint density at radius 3 is 2.43 bits per heavy atom. The van der Waals surface area contributed by atoms with E-state index in [1.54, 1.807) is 6.42 Å². The van der Waals surface area contributed by atoms with Crippen molar-refractivity contribution in [1.29, 1.82) is 0 Å². The number of rotatable bonds is 2. The highest BCUT2D eigenvalue weighted by atomic mass is 16.5. The van der Waals surface area contributed by atoms with Crippen LogP contribution in [0.4, 0.5) is 0 Å². The average Bonchev–Trinajstić information content (AvgIpc) is 2.68. The van der Waals surface area contributed by atoms with Gasteiger partial charge in [0.25, 0.3) is 0 Å². The van der Waals surface area contributed by atoms with E-state index in [0.29, 0.717) is 6.04 Å². The molecular weight excluding hydrogens is 174 g/mol. The van der Waals surface area contributed by atoms with Crippen molar-refractivity contribution in [3.05, 3.63) is 0 Å². The van der Waals surface area contributed by atoms with Gasteiger partial charge in [0.15, 0.2) is 0 Å². The van der Waals surface area contributed by atoms with Crippen LogP contribution in [0.1, 0.15) is 25.7 Å². The summed E-state index contributed by atoms with van der Waals surface area (Å²) in [6.45, 7) is 1.94. The van der Waals surface area contributed by atoms with E-state index in [-0.39, 0.29) is 0 Å². The van der Waals surface area contributed by atoms with Crippen LogP contribution in [0.5, 0.6) is 0 Å². The molecule has 2 bridgehead atoms. The zero-order valence-electron chi connectivity index (χ0n) is 8.61. The van der Waals surface area contributed by atoms with E-state index >= 15 is 0 Å². The second-order valence-electron chi connectivity index (χ2n) is 5.74. The molecule has 4 fully saturated rings. The van der Waals surface area contributed by atoms with E-state index < -0.39 is 0 Å². The average molecular weight is 193 g/mol. The molecule has 5 unspecified atom stereocenters. The van der Waals surface area contributed by atoms with E-state index in [1.165, 1.54) is 19.3 Å². The highest BCUT2D eigenvalue weighted by Crippen LogP contribution is 2.65. The molecule has 0 radical (unpaired) electrons. The Balaban J connectivity index is 1.41. The zero-order chi connectivity index (χ0) is 9.12. The van der Waals surface area contributed by atoms with Crippen molar-refractivity contribution < 1.29 is 4.74 Å². The van der Waals surface area contributed by atoms with Gasteiger partial charge in [-0.05, 0) is 49.4 Å². The maximum atomic E-state index is 5.41. The first-order valence-corrected chi connectivity index (χ1v) is 6.27. The van der Waals surface area contributed by atoms with Gasteiger partial charge >= 0.3 is 0 Å². The summed E-state index contributed by atoms with van der Waals surface area (Å²) in [6, 6.07) is 1.58. The number of hydrogen-bond donors (Lipinski definition) is 1. The SMILES string of the molecule is C1CC(NC2C3C4CCC(C4)C23)CO1. The second-order valence-corrected chi connectivity index (χ2v) is 5.74. The summed E-state index contributed by atoms with van der Waals surface area (Å²) in [7, 11) is 0. The van der Waals surface area contributed by atoms with E-state index in [9.17, 15) is 0 Å². The summed E-state index contributed by atoms with van der Waals surface area (Å²) >= 11 is 0. The van der Waals surface area contributed by atoms with Crippen LogP contribution in [-0.2, 0) is 4.74 Å². The highest BCUT2D eigenvalue weighted by Gasteiger charge is 2.65. The zero-order valence-corrected chi connectivity index (χ0v) is 8.61. The fraction of sp³-hybridized carbons (Fsp3) is 1.00. The molecule has 2 nitrogen and oxygen atoms in total. The third-order valence-electron chi connectivity index (χ3n) is 5.09. The van der Waals surface area contributed by atoms with Gasteiger partial charge in [0.2, 0.25) is 0 Å². The molecule has 2 heteroatoms. The molecule has 0 aromatic heterocycles. The number of ether oxygens (including phenoxy) is 1. The van der Waals surface area contributed by atoms with Gasteiger partial charge in [-0.1, -0.05) is 0 Å². The molecule has 4 rings (SSSR count). The maximum Gasteiger partial charge on any atom is 0.0620 e. The van der Waals surface area contributed by atoms with Gasteiger partial charge < -0.3 is 10.1 Å². The minimum absolute atomic E-state index is 0.685. The van der Waals surface area contributed by atoms with Gasteiger partial charge in [-0.2, -0.15) is 0 Å². The molecule has 5 atom stereocenters. The third kappa shape index (κ3) is 0.989. The summed E-state index contributed by atoms with van der Waals surface area (Å²) in [5, 5.41) is 3.83. The smallest absolute Gasteiger partial charge is 0.0620 e. The Bertz CT molecular complexity index is 233. The molecule has 0 aromatic carbocycles. The van der Waals surface area contributed by atoms with Gasteiger partial charge in [0.1, 0.15) is 0 Å². The second kappa shape index (κ2) is 2.73. The van der Waals surface area contributed by atoms with Crippen LogP contribution in [0.15, 0.2) is 0 Å². The monoisotopic (exact) mass is 193 g/mol. The van der Waals surface area contributed by atoms with Gasteiger partial charge in [-0.25, -0.2) is 0 Å². The standard InChI is InChI=1S/C12H19NO/c1-2-8-5-7(1)10-11(8)12(10)13-9-3-4-14-6-9/h7-13H,1-6H2. The molecule has 0 aromatic rings. The van der Waals surface area contributed by atoms with Crippen LogP contribution in [0.2, 0.25) is 0 Å². The molecule has 1 N–H and O–H groups in total. The third-order valence-corrected chi connectivity index (χ3v) is 5.09. The van der Waals surface area contributed by atoms with Crippen molar-refractivity contribution in [1.82, 2.24) is 5.32 Å². The molecule has 0 amide bonds. The summed E-state index contributed by atoms with van der Waals surface area (Å²) in [5.74, 6) is 4.36. The Morgan fingerprint density at radius 2 is 1.79 bits per heavy atom. The van der Waals surface area contributed by atoms with Gasteiger partial charge in [0, 0.05) is 18.7 Å². The molecule has 3 saturated carbocycles.